The van der Waals surface area contributed by atoms with E-state index in [-0.39, 0.29) is 17.8 Å². The number of benzene rings is 1. The number of ether oxygens (including phenoxy) is 2. The fraction of sp³-hybridized carbons (Fsp3) is 0.529. The molecule has 0 aromatic heterocycles. The lowest BCUT2D eigenvalue weighted by Crippen LogP contribution is -2.40. The summed E-state index contributed by atoms with van der Waals surface area (Å²) in [5, 5.41) is 3.95. The van der Waals surface area contributed by atoms with Gasteiger partial charge in [-0.1, -0.05) is 24.6 Å². The second-order valence-electron chi connectivity index (χ2n) is 5.87. The van der Waals surface area contributed by atoms with Crippen molar-refractivity contribution >= 4 is 23.5 Å². The number of nitrogens with one attached hydrogen (secondary N) is 1. The van der Waals surface area contributed by atoms with E-state index in [9.17, 15) is 4.79 Å². The monoisotopic (exact) mass is 353 g/mol. The Morgan fingerprint density at radius 2 is 2.17 bits per heavy atom. The molecule has 24 heavy (non-hydrogen) atoms. The molecule has 0 aliphatic carbocycles. The van der Waals surface area contributed by atoms with Crippen molar-refractivity contribution in [3.8, 4) is 5.75 Å². The predicted octanol–water partition coefficient (Wildman–Crippen LogP) is 2.16. The number of nitrogens with zero attached hydrogens (tertiary/aromatic N) is 2. The molecular weight excluding hydrogens is 330 g/mol. The number of rotatable bonds is 4. The average Bonchev–Trinajstić information content (AvgIpc) is 2.97. The normalized spacial score (nSPS) is 20.9. The molecular formula is C17H24ClN3O3. The van der Waals surface area contributed by atoms with Crippen molar-refractivity contribution in [2.24, 2.45) is 16.8 Å². The van der Waals surface area contributed by atoms with Gasteiger partial charge in [-0.2, -0.15) is 0 Å². The molecule has 0 bridgehead atoms. The molecule has 1 N–H and O–H groups in total. The van der Waals surface area contributed by atoms with Gasteiger partial charge in [0.2, 0.25) is 0 Å². The first-order valence-corrected chi connectivity index (χ1v) is 8.23. The number of hydrogen-bond donors (Lipinski definition) is 1. The van der Waals surface area contributed by atoms with E-state index in [2.05, 4.69) is 22.1 Å². The maximum Gasteiger partial charge on any atom is 0.310 e. The summed E-state index contributed by atoms with van der Waals surface area (Å²) in [6.45, 7) is 3.97. The van der Waals surface area contributed by atoms with Crippen LogP contribution in [0.4, 0.5) is 0 Å². The molecule has 1 aliphatic heterocycles. The maximum absolute atomic E-state index is 11.8. The van der Waals surface area contributed by atoms with Crippen LogP contribution in [0.1, 0.15) is 12.5 Å². The Hall–Kier alpha value is -1.95. The Balaban J connectivity index is 2.02. The Kier molecular flexibility index (Phi) is 6.31. The molecule has 0 amide bonds. The number of likely N-dealkylation sites (tertiary alicyclic amines) is 1. The molecule has 1 aromatic carbocycles. The fourth-order valence-electron chi connectivity index (χ4n) is 2.97. The van der Waals surface area contributed by atoms with Crippen molar-refractivity contribution in [3.63, 3.8) is 0 Å². The number of guanidine groups is 1. The first kappa shape index (κ1) is 18.4. The van der Waals surface area contributed by atoms with Gasteiger partial charge in [-0.25, -0.2) is 0 Å². The first-order chi connectivity index (χ1) is 11.5. The molecule has 2 rings (SSSR count). The van der Waals surface area contributed by atoms with Gasteiger partial charge in [0.25, 0.3) is 0 Å². The van der Waals surface area contributed by atoms with E-state index in [1.807, 2.05) is 12.1 Å². The van der Waals surface area contributed by atoms with Crippen molar-refractivity contribution in [2.75, 3.05) is 34.4 Å². The molecule has 2 atom stereocenters. The Labute approximate surface area is 147 Å². The minimum atomic E-state index is -0.167. The lowest BCUT2D eigenvalue weighted by Gasteiger charge is -2.22. The Morgan fingerprint density at radius 1 is 1.42 bits per heavy atom. The molecule has 1 heterocycles. The van der Waals surface area contributed by atoms with Gasteiger partial charge in [0.1, 0.15) is 5.75 Å². The van der Waals surface area contributed by atoms with Crippen LogP contribution in [0, 0.1) is 11.8 Å². The number of carbonyl (C=O) groups is 1. The van der Waals surface area contributed by atoms with Crippen molar-refractivity contribution in [2.45, 2.75) is 13.5 Å². The molecule has 1 fully saturated rings. The quantitative estimate of drug-likeness (QED) is 0.510. The minimum Gasteiger partial charge on any atom is -0.496 e. The largest absolute Gasteiger partial charge is 0.496 e. The van der Waals surface area contributed by atoms with Gasteiger partial charge in [0, 0.05) is 37.3 Å². The highest BCUT2D eigenvalue weighted by Gasteiger charge is 2.36. The van der Waals surface area contributed by atoms with Gasteiger partial charge in [-0.05, 0) is 18.1 Å². The third-order valence-electron chi connectivity index (χ3n) is 4.31. The van der Waals surface area contributed by atoms with E-state index >= 15 is 0 Å². The molecule has 7 heteroatoms. The van der Waals surface area contributed by atoms with Crippen molar-refractivity contribution in [1.82, 2.24) is 10.2 Å². The Morgan fingerprint density at radius 3 is 2.79 bits per heavy atom. The lowest BCUT2D eigenvalue weighted by atomic mass is 9.99. The summed E-state index contributed by atoms with van der Waals surface area (Å²) in [5.74, 6) is 1.41. The summed E-state index contributed by atoms with van der Waals surface area (Å²) < 4.78 is 10.2. The summed E-state index contributed by atoms with van der Waals surface area (Å²) in [4.78, 5) is 18.2. The average molecular weight is 354 g/mol. The fourth-order valence-corrected chi connectivity index (χ4v) is 3.13. The second-order valence-corrected chi connectivity index (χ2v) is 6.31. The van der Waals surface area contributed by atoms with Crippen LogP contribution in [0.15, 0.2) is 23.2 Å². The third kappa shape index (κ3) is 4.12. The van der Waals surface area contributed by atoms with Crippen molar-refractivity contribution < 1.29 is 14.3 Å². The molecule has 0 spiro atoms. The molecule has 1 aromatic rings. The molecule has 1 saturated heterocycles. The summed E-state index contributed by atoms with van der Waals surface area (Å²) in [6.07, 6.45) is 0. The first-order valence-electron chi connectivity index (χ1n) is 7.86. The second kappa shape index (κ2) is 8.24. The molecule has 0 saturated carbocycles. The zero-order valence-corrected chi connectivity index (χ0v) is 15.3. The van der Waals surface area contributed by atoms with E-state index in [1.54, 1.807) is 20.2 Å². The SMILES string of the molecule is CN=C(NCc1ccc(Cl)cc1OC)N1CC(C)C(C(=O)OC)C1. The van der Waals surface area contributed by atoms with Gasteiger partial charge in [0.15, 0.2) is 5.96 Å². The van der Waals surface area contributed by atoms with Crippen LogP contribution < -0.4 is 10.1 Å². The van der Waals surface area contributed by atoms with E-state index < -0.39 is 0 Å². The van der Waals surface area contributed by atoms with Crippen LogP contribution in [0.5, 0.6) is 5.75 Å². The van der Waals surface area contributed by atoms with Gasteiger partial charge in [0.05, 0.1) is 20.1 Å². The van der Waals surface area contributed by atoms with E-state index in [0.29, 0.717) is 18.1 Å². The van der Waals surface area contributed by atoms with Crippen LogP contribution >= 0.6 is 11.6 Å². The van der Waals surface area contributed by atoms with Gasteiger partial charge in [-0.3, -0.25) is 9.79 Å². The van der Waals surface area contributed by atoms with Gasteiger partial charge < -0.3 is 19.7 Å². The van der Waals surface area contributed by atoms with Crippen LogP contribution in [0.25, 0.3) is 0 Å². The van der Waals surface area contributed by atoms with Crippen molar-refractivity contribution in [1.29, 1.82) is 0 Å². The van der Waals surface area contributed by atoms with E-state index in [0.717, 1.165) is 23.8 Å². The number of halogens is 1. The van der Waals surface area contributed by atoms with E-state index in [4.69, 9.17) is 21.1 Å². The number of methoxy groups -OCH3 is 2. The highest BCUT2D eigenvalue weighted by molar-refractivity contribution is 6.30. The van der Waals surface area contributed by atoms with E-state index in [1.165, 1.54) is 7.11 Å². The highest BCUT2D eigenvalue weighted by Crippen LogP contribution is 2.25. The van der Waals surface area contributed by atoms with Crippen LogP contribution in [0.2, 0.25) is 5.02 Å². The lowest BCUT2D eigenvalue weighted by molar-refractivity contribution is -0.145. The smallest absolute Gasteiger partial charge is 0.310 e. The van der Waals surface area contributed by atoms with Crippen LogP contribution in [-0.2, 0) is 16.1 Å². The van der Waals surface area contributed by atoms with Gasteiger partial charge >= 0.3 is 5.97 Å². The topological polar surface area (TPSA) is 63.2 Å². The zero-order chi connectivity index (χ0) is 17.7. The number of hydrogen-bond acceptors (Lipinski definition) is 4. The van der Waals surface area contributed by atoms with Crippen molar-refractivity contribution in [3.05, 3.63) is 28.8 Å². The molecule has 132 valence electrons. The van der Waals surface area contributed by atoms with Crippen LogP contribution in [-0.4, -0.2) is 51.2 Å². The highest BCUT2D eigenvalue weighted by atomic mass is 35.5. The molecule has 1 aliphatic rings. The molecule has 6 nitrogen and oxygen atoms in total. The standard InChI is InChI=1S/C17H24ClN3O3/c1-11-9-21(10-14(11)16(22)24-4)17(19-2)20-8-12-5-6-13(18)7-15(12)23-3/h5-7,11,14H,8-10H2,1-4H3,(H,19,20). The Bertz CT molecular complexity index is 621. The summed E-state index contributed by atoms with van der Waals surface area (Å²) in [6, 6.07) is 5.53. The molecule has 2 unspecified atom stereocenters. The minimum absolute atomic E-state index is 0.126. The number of carbonyl (C=O) groups excluding carboxylic acids is 1. The van der Waals surface area contributed by atoms with Crippen LogP contribution in [0.3, 0.4) is 0 Å². The summed E-state index contributed by atoms with van der Waals surface area (Å²) in [7, 11) is 4.78. The maximum atomic E-state index is 11.8. The summed E-state index contributed by atoms with van der Waals surface area (Å²) in [5.41, 5.74) is 0.986. The van der Waals surface area contributed by atoms with Gasteiger partial charge in [-0.15, -0.1) is 0 Å². The third-order valence-corrected chi connectivity index (χ3v) is 4.55. The zero-order valence-electron chi connectivity index (χ0n) is 14.5. The summed E-state index contributed by atoms with van der Waals surface area (Å²) >= 11 is 5.99. The number of esters is 1. The number of aliphatic imine (C=N–C) groups is 1. The molecule has 0 radical (unpaired) electrons. The predicted molar refractivity (Wildman–Crippen MR) is 94.4 cm³/mol.